The van der Waals surface area contributed by atoms with Crippen LogP contribution in [0.1, 0.15) is 12.8 Å². The number of isothiocyanates is 1. The van der Waals surface area contributed by atoms with Crippen LogP contribution in [0.5, 0.6) is 5.75 Å². The molecule has 0 amide bonds. The number of aliphatic imine (C=N–C) groups is 1. The highest BCUT2D eigenvalue weighted by atomic mass is 32.1. The molecule has 0 bridgehead atoms. The standard InChI is InChI=1S/C18H20N3O2PS/c1-23-17-6-3-13(4-7-17)14-5-8-18(19-11-14)24(2,22)21-16-9-15(10-16)20-12-25/h3-8,11,15-16H,9-10H2,1-2H3,(H,21,22)/t15-,16+,24?. The summed E-state index contributed by atoms with van der Waals surface area (Å²) in [7, 11) is -1.06. The Balaban J connectivity index is 1.68. The maximum absolute atomic E-state index is 13.0. The average Bonchev–Trinajstić information content (AvgIpc) is 2.60. The molecule has 1 fully saturated rings. The highest BCUT2D eigenvalue weighted by Crippen LogP contribution is 2.39. The lowest BCUT2D eigenvalue weighted by Crippen LogP contribution is -2.43. The zero-order valence-electron chi connectivity index (χ0n) is 14.2. The molecule has 1 aliphatic carbocycles. The van der Waals surface area contributed by atoms with Crippen molar-refractivity contribution in [3.05, 3.63) is 42.6 Å². The van der Waals surface area contributed by atoms with Crippen LogP contribution in [0.25, 0.3) is 11.1 Å². The molecule has 5 nitrogen and oxygen atoms in total. The number of nitrogens with zero attached hydrogens (tertiary/aromatic N) is 2. The molecule has 1 heterocycles. The number of aromatic nitrogens is 1. The number of methoxy groups -OCH3 is 1. The van der Waals surface area contributed by atoms with Crippen LogP contribution in [0.4, 0.5) is 0 Å². The molecule has 1 aromatic heterocycles. The van der Waals surface area contributed by atoms with Crippen LogP contribution in [0.3, 0.4) is 0 Å². The second-order valence-corrected chi connectivity index (χ2v) is 8.98. The fourth-order valence-corrected chi connectivity index (χ4v) is 4.71. The summed E-state index contributed by atoms with van der Waals surface area (Å²) in [6.45, 7) is 1.72. The van der Waals surface area contributed by atoms with Crippen molar-refractivity contribution < 1.29 is 9.30 Å². The van der Waals surface area contributed by atoms with Gasteiger partial charge in [-0.15, -0.1) is 0 Å². The normalized spacial score (nSPS) is 21.5. The minimum Gasteiger partial charge on any atom is -0.497 e. The molecule has 1 atom stereocenters. The zero-order valence-corrected chi connectivity index (χ0v) is 15.9. The summed E-state index contributed by atoms with van der Waals surface area (Å²) in [5.41, 5.74) is 2.61. The molecule has 2 aromatic rings. The SMILES string of the molecule is COc1ccc(-c2ccc(P(C)(=O)N[C@H]3C[C@@H](N=C=S)C3)nc2)cc1. The van der Waals surface area contributed by atoms with Gasteiger partial charge in [-0.25, -0.2) is 4.99 Å². The number of pyridine rings is 1. The number of hydrogen-bond donors (Lipinski definition) is 1. The van der Waals surface area contributed by atoms with Gasteiger partial charge in [0.2, 0.25) is 0 Å². The van der Waals surface area contributed by atoms with Crippen molar-refractivity contribution in [1.29, 1.82) is 0 Å². The number of benzene rings is 1. The smallest absolute Gasteiger partial charge is 0.191 e. The maximum atomic E-state index is 13.0. The van der Waals surface area contributed by atoms with Gasteiger partial charge in [0.25, 0.3) is 0 Å². The van der Waals surface area contributed by atoms with Crippen LogP contribution in [-0.2, 0) is 4.57 Å². The summed E-state index contributed by atoms with van der Waals surface area (Å²) in [5, 5.41) is 5.63. The van der Waals surface area contributed by atoms with E-state index in [9.17, 15) is 4.57 Å². The van der Waals surface area contributed by atoms with Crippen LogP contribution in [0.15, 0.2) is 47.6 Å². The third kappa shape index (κ3) is 4.23. The van der Waals surface area contributed by atoms with Crippen molar-refractivity contribution in [2.45, 2.75) is 24.9 Å². The Morgan fingerprint density at radius 1 is 1.24 bits per heavy atom. The topological polar surface area (TPSA) is 63.6 Å². The van der Waals surface area contributed by atoms with Crippen molar-refractivity contribution in [2.24, 2.45) is 4.99 Å². The first-order valence-electron chi connectivity index (χ1n) is 8.05. The van der Waals surface area contributed by atoms with E-state index in [1.807, 2.05) is 36.4 Å². The quantitative estimate of drug-likeness (QED) is 0.477. The summed E-state index contributed by atoms with van der Waals surface area (Å²) < 4.78 is 18.1. The first-order valence-corrected chi connectivity index (χ1v) is 10.6. The van der Waals surface area contributed by atoms with E-state index < -0.39 is 7.29 Å². The van der Waals surface area contributed by atoms with Crippen LogP contribution in [0.2, 0.25) is 0 Å². The molecular weight excluding hydrogens is 353 g/mol. The van der Waals surface area contributed by atoms with Crippen molar-refractivity contribution in [3.63, 3.8) is 0 Å². The third-order valence-corrected chi connectivity index (χ3v) is 6.49. The molecule has 0 spiro atoms. The molecule has 1 N–H and O–H groups in total. The van der Waals surface area contributed by atoms with Gasteiger partial charge in [-0.2, -0.15) is 0 Å². The lowest BCUT2D eigenvalue weighted by molar-refractivity contribution is 0.331. The minimum atomic E-state index is -2.71. The van der Waals surface area contributed by atoms with E-state index in [0.717, 1.165) is 29.7 Å². The highest BCUT2D eigenvalue weighted by molar-refractivity contribution is 7.78. The lowest BCUT2D eigenvalue weighted by Gasteiger charge is -2.34. The zero-order chi connectivity index (χ0) is 17.9. The predicted molar refractivity (Wildman–Crippen MR) is 104 cm³/mol. The van der Waals surface area contributed by atoms with Crippen molar-refractivity contribution >= 4 is 30.1 Å². The van der Waals surface area contributed by atoms with Crippen molar-refractivity contribution in [3.8, 4) is 16.9 Å². The Kier molecular flexibility index (Phi) is 5.45. The molecule has 0 radical (unpaired) electrons. The summed E-state index contributed by atoms with van der Waals surface area (Å²) in [6, 6.07) is 11.9. The second-order valence-electron chi connectivity index (χ2n) is 6.23. The van der Waals surface area contributed by atoms with Gasteiger partial charge in [0.15, 0.2) is 7.29 Å². The lowest BCUT2D eigenvalue weighted by atomic mass is 9.88. The van der Waals surface area contributed by atoms with Crippen LogP contribution in [0, 0.1) is 0 Å². The molecule has 0 aliphatic heterocycles. The summed E-state index contributed by atoms with van der Waals surface area (Å²) in [4.78, 5) is 8.48. The average molecular weight is 373 g/mol. The molecule has 1 aromatic carbocycles. The molecule has 7 heteroatoms. The van der Waals surface area contributed by atoms with Crippen LogP contribution >= 0.6 is 19.5 Å². The molecular formula is C18H20N3O2PS. The minimum absolute atomic E-state index is 0.191. The number of nitrogens with one attached hydrogen (secondary N) is 1. The monoisotopic (exact) mass is 373 g/mol. The van der Waals surface area contributed by atoms with Gasteiger partial charge in [-0.3, -0.25) is 10.1 Å². The van der Waals surface area contributed by atoms with Gasteiger partial charge in [-0.05, 0) is 48.8 Å². The Labute approximate surface area is 153 Å². The van der Waals surface area contributed by atoms with Crippen LogP contribution in [-0.4, -0.2) is 36.0 Å². The van der Waals surface area contributed by atoms with E-state index >= 15 is 0 Å². The Hall–Kier alpha value is -1.84. The molecule has 25 heavy (non-hydrogen) atoms. The molecule has 130 valence electrons. The predicted octanol–water partition coefficient (Wildman–Crippen LogP) is 3.51. The Morgan fingerprint density at radius 2 is 1.92 bits per heavy atom. The van der Waals surface area contributed by atoms with Gasteiger partial charge in [0.1, 0.15) is 11.2 Å². The summed E-state index contributed by atoms with van der Waals surface area (Å²) >= 11 is 4.61. The Morgan fingerprint density at radius 3 is 2.48 bits per heavy atom. The maximum Gasteiger partial charge on any atom is 0.191 e. The number of ether oxygens (including phenoxy) is 1. The molecule has 1 aliphatic rings. The molecule has 0 saturated heterocycles. The first-order chi connectivity index (χ1) is 12.0. The van der Waals surface area contributed by atoms with Gasteiger partial charge >= 0.3 is 0 Å². The fourth-order valence-electron chi connectivity index (χ4n) is 2.88. The number of hydrogen-bond acceptors (Lipinski definition) is 5. The van der Waals surface area contributed by atoms with E-state index in [2.05, 4.69) is 32.4 Å². The van der Waals surface area contributed by atoms with Gasteiger partial charge in [0.05, 0.1) is 18.3 Å². The largest absolute Gasteiger partial charge is 0.497 e. The molecule has 1 saturated carbocycles. The van der Waals surface area contributed by atoms with Gasteiger partial charge in [-0.1, -0.05) is 18.2 Å². The number of thiocarbonyl (C=S) groups is 1. The number of rotatable bonds is 6. The summed E-state index contributed by atoms with van der Waals surface area (Å²) in [6.07, 6.45) is 3.44. The van der Waals surface area contributed by atoms with Crippen LogP contribution < -0.4 is 15.3 Å². The summed E-state index contributed by atoms with van der Waals surface area (Å²) in [5.74, 6) is 0.812. The van der Waals surface area contributed by atoms with E-state index in [-0.39, 0.29) is 12.1 Å². The first kappa shape index (κ1) is 18.0. The second kappa shape index (κ2) is 7.59. The third-order valence-electron chi connectivity index (χ3n) is 4.39. The van der Waals surface area contributed by atoms with Crippen molar-refractivity contribution in [2.75, 3.05) is 13.8 Å². The van der Waals surface area contributed by atoms with E-state index in [1.165, 1.54) is 0 Å². The van der Waals surface area contributed by atoms with Crippen molar-refractivity contribution in [1.82, 2.24) is 10.1 Å². The van der Waals surface area contributed by atoms with E-state index in [1.54, 1.807) is 20.0 Å². The van der Waals surface area contributed by atoms with Gasteiger partial charge in [0, 0.05) is 24.5 Å². The fraction of sp³-hybridized carbons (Fsp3) is 0.333. The van der Waals surface area contributed by atoms with E-state index in [0.29, 0.717) is 5.44 Å². The highest BCUT2D eigenvalue weighted by Gasteiger charge is 2.33. The van der Waals surface area contributed by atoms with E-state index in [4.69, 9.17) is 4.74 Å². The Bertz CT molecular complexity index is 826. The van der Waals surface area contributed by atoms with Gasteiger partial charge < -0.3 is 9.30 Å². The molecule has 3 rings (SSSR count). The molecule has 1 unspecified atom stereocenters.